The molecule has 1 amide bonds. The van der Waals surface area contributed by atoms with Gasteiger partial charge in [-0.1, -0.05) is 24.3 Å². The maximum Gasteiger partial charge on any atom is 0.224 e. The minimum Gasteiger partial charge on any atom is -0.387 e. The maximum atomic E-state index is 12.8. The Bertz CT molecular complexity index is 639. The highest BCUT2D eigenvalue weighted by atomic mass is 19.1. The molecule has 0 bridgehead atoms. The Kier molecular flexibility index (Phi) is 5.71. The van der Waals surface area contributed by atoms with Crippen molar-refractivity contribution in [2.75, 3.05) is 25.5 Å². The van der Waals surface area contributed by atoms with Crippen LogP contribution in [-0.2, 0) is 11.2 Å². The highest BCUT2D eigenvalue weighted by molar-refractivity contribution is 5.78. The molecule has 0 saturated heterocycles. The predicted octanol–water partition coefficient (Wildman–Crippen LogP) is 2.28. The molecule has 0 spiro atoms. The van der Waals surface area contributed by atoms with Crippen molar-refractivity contribution in [3.05, 3.63) is 65.5 Å². The van der Waals surface area contributed by atoms with Crippen LogP contribution < -0.4 is 10.2 Å². The van der Waals surface area contributed by atoms with E-state index in [-0.39, 0.29) is 24.7 Å². The zero-order chi connectivity index (χ0) is 16.8. The number of hydrogen-bond acceptors (Lipinski definition) is 3. The summed E-state index contributed by atoms with van der Waals surface area (Å²) in [5.74, 6) is -0.536. The van der Waals surface area contributed by atoms with Crippen molar-refractivity contribution in [3.63, 3.8) is 0 Å². The van der Waals surface area contributed by atoms with Gasteiger partial charge in [-0.2, -0.15) is 0 Å². The first kappa shape index (κ1) is 17.0. The van der Waals surface area contributed by atoms with Gasteiger partial charge in [0, 0.05) is 26.3 Å². The number of aliphatic hydroxyl groups is 1. The average molecular weight is 316 g/mol. The summed E-state index contributed by atoms with van der Waals surface area (Å²) < 4.78 is 12.8. The van der Waals surface area contributed by atoms with Crippen LogP contribution >= 0.6 is 0 Å². The fourth-order valence-corrected chi connectivity index (χ4v) is 2.17. The van der Waals surface area contributed by atoms with E-state index in [1.165, 1.54) is 12.1 Å². The summed E-state index contributed by atoms with van der Waals surface area (Å²) in [6.45, 7) is 0.140. The lowest BCUT2D eigenvalue weighted by molar-refractivity contribution is -0.120. The minimum atomic E-state index is -0.761. The predicted molar refractivity (Wildman–Crippen MR) is 88.8 cm³/mol. The smallest absolute Gasteiger partial charge is 0.224 e. The van der Waals surface area contributed by atoms with Gasteiger partial charge in [-0.15, -0.1) is 0 Å². The second kappa shape index (κ2) is 7.74. The molecule has 0 saturated carbocycles. The molecule has 4 nitrogen and oxygen atoms in total. The molecule has 0 aliphatic rings. The maximum absolute atomic E-state index is 12.8. The lowest BCUT2D eigenvalue weighted by Gasteiger charge is -2.15. The number of aliphatic hydroxyl groups excluding tert-OH is 1. The number of nitrogens with one attached hydrogen (secondary N) is 1. The summed E-state index contributed by atoms with van der Waals surface area (Å²) >= 11 is 0. The van der Waals surface area contributed by atoms with E-state index in [2.05, 4.69) is 5.32 Å². The number of rotatable bonds is 6. The van der Waals surface area contributed by atoms with Crippen LogP contribution in [0.4, 0.5) is 10.1 Å². The number of amides is 1. The van der Waals surface area contributed by atoms with Gasteiger partial charge in [-0.3, -0.25) is 4.79 Å². The van der Waals surface area contributed by atoms with Crippen LogP contribution in [0.1, 0.15) is 17.2 Å². The number of anilines is 1. The Morgan fingerprint density at radius 2 is 1.74 bits per heavy atom. The molecule has 0 aliphatic heterocycles. The molecule has 1 atom stereocenters. The largest absolute Gasteiger partial charge is 0.387 e. The van der Waals surface area contributed by atoms with Crippen molar-refractivity contribution < 1.29 is 14.3 Å². The highest BCUT2D eigenvalue weighted by Gasteiger charge is 2.10. The van der Waals surface area contributed by atoms with E-state index in [9.17, 15) is 14.3 Å². The van der Waals surface area contributed by atoms with Gasteiger partial charge in [0.05, 0.1) is 12.5 Å². The van der Waals surface area contributed by atoms with Gasteiger partial charge in [-0.25, -0.2) is 4.39 Å². The summed E-state index contributed by atoms with van der Waals surface area (Å²) in [7, 11) is 3.89. The van der Waals surface area contributed by atoms with Crippen molar-refractivity contribution in [2.45, 2.75) is 12.5 Å². The van der Waals surface area contributed by atoms with Crippen LogP contribution in [0.2, 0.25) is 0 Å². The average Bonchev–Trinajstić information content (AvgIpc) is 2.55. The summed E-state index contributed by atoms with van der Waals surface area (Å²) in [6.07, 6.45) is -0.601. The van der Waals surface area contributed by atoms with Crippen molar-refractivity contribution in [2.24, 2.45) is 0 Å². The molecular formula is C18H21FN2O2. The summed E-state index contributed by atoms with van der Waals surface area (Å²) in [5, 5.41) is 12.8. The molecule has 2 N–H and O–H groups in total. The van der Waals surface area contributed by atoms with E-state index in [4.69, 9.17) is 0 Å². The van der Waals surface area contributed by atoms with Crippen molar-refractivity contribution in [1.29, 1.82) is 0 Å². The van der Waals surface area contributed by atoms with Crippen LogP contribution in [0, 0.1) is 5.82 Å². The molecule has 0 aliphatic carbocycles. The number of halogens is 1. The van der Waals surface area contributed by atoms with E-state index in [0.717, 1.165) is 16.8 Å². The summed E-state index contributed by atoms with van der Waals surface area (Å²) in [6, 6.07) is 13.3. The van der Waals surface area contributed by atoms with Gasteiger partial charge < -0.3 is 15.3 Å². The number of carbonyl (C=O) groups is 1. The minimum absolute atomic E-state index is 0.140. The van der Waals surface area contributed by atoms with Crippen LogP contribution in [0.15, 0.2) is 48.5 Å². The van der Waals surface area contributed by atoms with Gasteiger partial charge in [0.1, 0.15) is 5.82 Å². The Hall–Kier alpha value is -2.40. The molecule has 0 aromatic heterocycles. The molecular weight excluding hydrogens is 295 g/mol. The number of hydrogen-bond donors (Lipinski definition) is 2. The van der Waals surface area contributed by atoms with Gasteiger partial charge in [-0.05, 0) is 35.4 Å². The third kappa shape index (κ3) is 5.07. The molecule has 2 rings (SSSR count). The monoisotopic (exact) mass is 316 g/mol. The van der Waals surface area contributed by atoms with E-state index in [1.54, 1.807) is 12.1 Å². The lowest BCUT2D eigenvalue weighted by atomic mass is 10.1. The van der Waals surface area contributed by atoms with Crippen molar-refractivity contribution in [3.8, 4) is 0 Å². The second-order valence-corrected chi connectivity index (χ2v) is 5.61. The van der Waals surface area contributed by atoms with Gasteiger partial charge >= 0.3 is 0 Å². The lowest BCUT2D eigenvalue weighted by Crippen LogP contribution is -2.29. The topological polar surface area (TPSA) is 52.6 Å². The Morgan fingerprint density at radius 3 is 2.30 bits per heavy atom. The van der Waals surface area contributed by atoms with Crippen molar-refractivity contribution in [1.82, 2.24) is 5.32 Å². The fraction of sp³-hybridized carbons (Fsp3) is 0.278. The quantitative estimate of drug-likeness (QED) is 0.860. The third-order valence-corrected chi connectivity index (χ3v) is 3.56. The first-order valence-corrected chi connectivity index (χ1v) is 7.42. The van der Waals surface area contributed by atoms with Gasteiger partial charge in [0.15, 0.2) is 0 Å². The van der Waals surface area contributed by atoms with E-state index in [1.807, 2.05) is 43.3 Å². The van der Waals surface area contributed by atoms with Crippen LogP contribution in [0.5, 0.6) is 0 Å². The van der Waals surface area contributed by atoms with Crippen LogP contribution in [0.25, 0.3) is 0 Å². The van der Waals surface area contributed by atoms with Crippen LogP contribution in [-0.4, -0.2) is 31.7 Å². The standard InChI is InChI=1S/C18H21FN2O2/c1-21(2)16-9-5-14(6-10-16)17(22)12-20-18(23)11-13-3-7-15(19)8-4-13/h3-10,17,22H,11-12H2,1-2H3,(H,20,23)/t17-/m0/s1. The van der Waals surface area contributed by atoms with Gasteiger partial charge in [0.2, 0.25) is 5.91 Å². The summed E-state index contributed by atoms with van der Waals surface area (Å²) in [4.78, 5) is 13.8. The first-order valence-electron chi connectivity index (χ1n) is 7.42. The molecule has 23 heavy (non-hydrogen) atoms. The molecule has 5 heteroatoms. The molecule has 0 fully saturated rings. The highest BCUT2D eigenvalue weighted by Crippen LogP contribution is 2.17. The normalized spacial score (nSPS) is 11.8. The Balaban J connectivity index is 1.84. The first-order chi connectivity index (χ1) is 11.0. The number of carbonyl (C=O) groups excluding carboxylic acids is 1. The van der Waals surface area contributed by atoms with E-state index >= 15 is 0 Å². The van der Waals surface area contributed by atoms with Crippen LogP contribution in [0.3, 0.4) is 0 Å². The van der Waals surface area contributed by atoms with E-state index < -0.39 is 6.10 Å². The van der Waals surface area contributed by atoms with E-state index in [0.29, 0.717) is 0 Å². The van der Waals surface area contributed by atoms with Crippen molar-refractivity contribution >= 4 is 11.6 Å². The Morgan fingerprint density at radius 1 is 1.13 bits per heavy atom. The third-order valence-electron chi connectivity index (χ3n) is 3.56. The summed E-state index contributed by atoms with van der Waals surface area (Å²) in [5.41, 5.74) is 2.52. The fourth-order valence-electron chi connectivity index (χ4n) is 2.17. The zero-order valence-electron chi connectivity index (χ0n) is 13.3. The number of nitrogens with zero attached hydrogens (tertiary/aromatic N) is 1. The SMILES string of the molecule is CN(C)c1ccc([C@@H](O)CNC(=O)Cc2ccc(F)cc2)cc1. The molecule has 0 radical (unpaired) electrons. The molecule has 122 valence electrons. The second-order valence-electron chi connectivity index (χ2n) is 5.61. The molecule has 0 unspecified atom stereocenters. The molecule has 2 aromatic carbocycles. The molecule has 0 heterocycles. The number of benzene rings is 2. The zero-order valence-corrected chi connectivity index (χ0v) is 13.3. The molecule has 2 aromatic rings. The Labute approximate surface area is 135 Å². The van der Waals surface area contributed by atoms with Gasteiger partial charge in [0.25, 0.3) is 0 Å².